The van der Waals surface area contributed by atoms with Crippen LogP contribution in [-0.4, -0.2) is 45.8 Å². The maximum absolute atomic E-state index is 12.7. The monoisotopic (exact) mass is 359 g/mol. The fourth-order valence-electron chi connectivity index (χ4n) is 3.57. The Morgan fingerprint density at radius 2 is 2.15 bits per heavy atom. The van der Waals surface area contributed by atoms with E-state index in [1.165, 1.54) is 0 Å². The normalized spacial score (nSPS) is 19.4. The van der Waals surface area contributed by atoms with Gasteiger partial charge in [-0.15, -0.1) is 0 Å². The second-order valence-corrected chi connectivity index (χ2v) is 6.86. The molecule has 2 atom stereocenters. The van der Waals surface area contributed by atoms with E-state index in [0.717, 1.165) is 24.2 Å². The van der Waals surface area contributed by atoms with Crippen molar-refractivity contribution < 1.29 is 19.2 Å². The standard InChI is InChI=1S/C19H25N3O4/c1-13-20-17(26-21-13)10-11-18(23)22-12-4-5-16(22)19(2,24)14-6-8-15(25-3)9-7-14/h6-9,16,24H,4-5,10-12H2,1-3H3/t16-,19-/m1/s1. The Balaban J connectivity index is 1.70. The molecule has 7 nitrogen and oxygen atoms in total. The van der Waals surface area contributed by atoms with Crippen molar-refractivity contribution >= 4 is 5.91 Å². The van der Waals surface area contributed by atoms with E-state index < -0.39 is 5.60 Å². The van der Waals surface area contributed by atoms with Gasteiger partial charge in [-0.2, -0.15) is 4.98 Å². The lowest BCUT2D eigenvalue weighted by molar-refractivity contribution is -0.137. The minimum atomic E-state index is -1.13. The molecule has 0 aliphatic carbocycles. The molecular formula is C19H25N3O4. The molecule has 2 aromatic rings. The third-order valence-electron chi connectivity index (χ3n) is 5.02. The molecule has 1 fully saturated rings. The maximum atomic E-state index is 12.7. The predicted molar refractivity (Wildman–Crippen MR) is 94.7 cm³/mol. The molecule has 1 N–H and O–H groups in total. The van der Waals surface area contributed by atoms with Gasteiger partial charge in [-0.1, -0.05) is 17.3 Å². The van der Waals surface area contributed by atoms with Crippen LogP contribution in [0.15, 0.2) is 28.8 Å². The molecule has 7 heteroatoms. The number of aliphatic hydroxyl groups is 1. The topological polar surface area (TPSA) is 88.7 Å². The van der Waals surface area contributed by atoms with Crippen molar-refractivity contribution in [2.45, 2.75) is 51.2 Å². The number of methoxy groups -OCH3 is 1. The Morgan fingerprint density at radius 3 is 2.77 bits per heavy atom. The van der Waals surface area contributed by atoms with Crippen molar-refractivity contribution in [3.8, 4) is 5.75 Å². The highest BCUT2D eigenvalue weighted by atomic mass is 16.5. The van der Waals surface area contributed by atoms with Gasteiger partial charge in [-0.25, -0.2) is 0 Å². The van der Waals surface area contributed by atoms with E-state index >= 15 is 0 Å². The smallest absolute Gasteiger partial charge is 0.227 e. The third-order valence-corrected chi connectivity index (χ3v) is 5.02. The molecule has 0 spiro atoms. The van der Waals surface area contributed by atoms with Gasteiger partial charge in [0, 0.05) is 19.4 Å². The number of likely N-dealkylation sites (tertiary alicyclic amines) is 1. The van der Waals surface area contributed by atoms with Crippen LogP contribution in [0.4, 0.5) is 0 Å². The molecule has 26 heavy (non-hydrogen) atoms. The lowest BCUT2D eigenvalue weighted by Crippen LogP contribution is -2.48. The number of amides is 1. The van der Waals surface area contributed by atoms with Crippen LogP contribution in [-0.2, 0) is 16.8 Å². The van der Waals surface area contributed by atoms with Crippen LogP contribution in [0, 0.1) is 6.92 Å². The molecule has 0 unspecified atom stereocenters. The summed E-state index contributed by atoms with van der Waals surface area (Å²) in [5.74, 6) is 1.76. The molecule has 1 saturated heterocycles. The zero-order valence-corrected chi connectivity index (χ0v) is 15.4. The number of carbonyl (C=O) groups excluding carboxylic acids is 1. The van der Waals surface area contributed by atoms with Crippen LogP contribution in [0.2, 0.25) is 0 Å². The van der Waals surface area contributed by atoms with Gasteiger partial charge < -0.3 is 19.3 Å². The molecule has 140 valence electrons. The fraction of sp³-hybridized carbons (Fsp3) is 0.526. The van der Waals surface area contributed by atoms with Crippen LogP contribution in [0.5, 0.6) is 5.75 Å². The van der Waals surface area contributed by atoms with E-state index in [4.69, 9.17) is 9.26 Å². The second-order valence-electron chi connectivity index (χ2n) is 6.86. The molecule has 1 aromatic heterocycles. The molecule has 0 bridgehead atoms. The minimum absolute atomic E-state index is 0.00265. The van der Waals surface area contributed by atoms with Crippen molar-refractivity contribution in [1.29, 1.82) is 0 Å². The number of hydrogen-bond donors (Lipinski definition) is 1. The van der Waals surface area contributed by atoms with E-state index in [2.05, 4.69) is 10.1 Å². The van der Waals surface area contributed by atoms with Gasteiger partial charge in [0.05, 0.1) is 13.2 Å². The van der Waals surface area contributed by atoms with Crippen molar-refractivity contribution in [1.82, 2.24) is 15.0 Å². The third kappa shape index (κ3) is 3.72. The summed E-state index contributed by atoms with van der Waals surface area (Å²) in [5.41, 5.74) is -0.352. The molecule has 3 rings (SSSR count). The average Bonchev–Trinajstić information content (AvgIpc) is 3.29. The van der Waals surface area contributed by atoms with E-state index in [0.29, 0.717) is 24.7 Å². The first-order valence-electron chi connectivity index (χ1n) is 8.87. The first-order valence-corrected chi connectivity index (χ1v) is 8.87. The van der Waals surface area contributed by atoms with Gasteiger partial charge >= 0.3 is 0 Å². The van der Waals surface area contributed by atoms with Gasteiger partial charge in [0.2, 0.25) is 11.8 Å². The van der Waals surface area contributed by atoms with E-state index in [-0.39, 0.29) is 18.4 Å². The van der Waals surface area contributed by atoms with Crippen LogP contribution >= 0.6 is 0 Å². The van der Waals surface area contributed by atoms with Gasteiger partial charge in [0.25, 0.3) is 0 Å². The summed E-state index contributed by atoms with van der Waals surface area (Å²) >= 11 is 0. The zero-order chi connectivity index (χ0) is 18.7. The van der Waals surface area contributed by atoms with Gasteiger partial charge in [0.15, 0.2) is 5.82 Å². The largest absolute Gasteiger partial charge is 0.497 e. The Kier molecular flexibility index (Phi) is 5.27. The Morgan fingerprint density at radius 1 is 1.42 bits per heavy atom. The Hall–Kier alpha value is -2.41. The van der Waals surface area contributed by atoms with Crippen LogP contribution in [0.25, 0.3) is 0 Å². The number of hydrogen-bond acceptors (Lipinski definition) is 6. The first-order chi connectivity index (χ1) is 12.4. The summed E-state index contributed by atoms with van der Waals surface area (Å²) in [5, 5.41) is 14.9. The number of benzene rings is 1. The molecule has 2 heterocycles. The molecule has 1 amide bonds. The molecule has 1 aromatic carbocycles. The Labute approximate surface area is 153 Å². The quantitative estimate of drug-likeness (QED) is 0.851. The molecule has 0 radical (unpaired) electrons. The number of aryl methyl sites for hydroxylation is 2. The van der Waals surface area contributed by atoms with Crippen molar-refractivity contribution in [2.24, 2.45) is 0 Å². The maximum Gasteiger partial charge on any atom is 0.227 e. The summed E-state index contributed by atoms with van der Waals surface area (Å²) in [6, 6.07) is 7.08. The van der Waals surface area contributed by atoms with Crippen molar-refractivity contribution in [3.05, 3.63) is 41.5 Å². The highest BCUT2D eigenvalue weighted by molar-refractivity contribution is 5.77. The second kappa shape index (κ2) is 7.45. The highest BCUT2D eigenvalue weighted by Crippen LogP contribution is 2.35. The van der Waals surface area contributed by atoms with Gasteiger partial charge in [-0.3, -0.25) is 4.79 Å². The van der Waals surface area contributed by atoms with E-state index in [1.807, 2.05) is 24.3 Å². The summed E-state index contributed by atoms with van der Waals surface area (Å²) in [6.07, 6.45) is 2.34. The number of carbonyl (C=O) groups is 1. The van der Waals surface area contributed by atoms with Gasteiger partial charge in [0.1, 0.15) is 11.4 Å². The van der Waals surface area contributed by atoms with E-state index in [1.54, 1.807) is 25.9 Å². The summed E-state index contributed by atoms with van der Waals surface area (Å²) in [7, 11) is 1.61. The summed E-state index contributed by atoms with van der Waals surface area (Å²) in [4.78, 5) is 18.6. The highest BCUT2D eigenvalue weighted by Gasteiger charge is 2.42. The minimum Gasteiger partial charge on any atom is -0.497 e. The molecule has 0 saturated carbocycles. The van der Waals surface area contributed by atoms with Gasteiger partial charge in [-0.05, 0) is 44.4 Å². The number of rotatable bonds is 6. The van der Waals surface area contributed by atoms with Crippen LogP contribution in [0.1, 0.15) is 43.5 Å². The van der Waals surface area contributed by atoms with Crippen LogP contribution in [0.3, 0.4) is 0 Å². The Bertz CT molecular complexity index is 754. The van der Waals surface area contributed by atoms with E-state index in [9.17, 15) is 9.90 Å². The summed E-state index contributed by atoms with van der Waals surface area (Å²) < 4.78 is 10.2. The molecule has 1 aliphatic rings. The lowest BCUT2D eigenvalue weighted by Gasteiger charge is -2.37. The van der Waals surface area contributed by atoms with Crippen molar-refractivity contribution in [2.75, 3.05) is 13.7 Å². The summed E-state index contributed by atoms with van der Waals surface area (Å²) in [6.45, 7) is 4.17. The predicted octanol–water partition coefficient (Wildman–Crippen LogP) is 2.22. The van der Waals surface area contributed by atoms with Crippen molar-refractivity contribution in [3.63, 3.8) is 0 Å². The van der Waals surface area contributed by atoms with Crippen LogP contribution < -0.4 is 4.74 Å². The number of aromatic nitrogens is 2. The fourth-order valence-corrected chi connectivity index (χ4v) is 3.57. The average molecular weight is 359 g/mol. The number of ether oxygens (including phenoxy) is 1. The number of nitrogens with zero attached hydrogens (tertiary/aromatic N) is 3. The first kappa shape index (κ1) is 18.4. The lowest BCUT2D eigenvalue weighted by atomic mass is 9.86. The SMILES string of the molecule is COc1ccc([C@@](C)(O)[C@H]2CCCN2C(=O)CCc2nc(C)no2)cc1. The molecular weight excluding hydrogens is 334 g/mol. The zero-order valence-electron chi connectivity index (χ0n) is 15.4. The molecule has 1 aliphatic heterocycles.